The molecule has 4 aromatic rings. The molecular formula is C28H35N7O2. The molecule has 1 atom stereocenters. The summed E-state index contributed by atoms with van der Waals surface area (Å²) >= 11 is 0. The number of nitrogens with zero attached hydrogens (tertiary/aromatic N) is 6. The number of piperazine rings is 1. The molecule has 2 aromatic heterocycles. The second-order valence-corrected chi connectivity index (χ2v) is 10.4. The molecule has 1 fully saturated rings. The Bertz CT molecular complexity index is 1450. The Kier molecular flexibility index (Phi) is 6.72. The maximum Gasteiger partial charge on any atom is 0.253 e. The Hall–Kier alpha value is -3.72. The molecule has 3 heterocycles. The molecule has 2 aromatic carbocycles. The number of aryl methyl sites for hydroxylation is 1. The number of para-hydroxylation sites is 2. The first-order valence-electron chi connectivity index (χ1n) is 12.9. The van der Waals surface area contributed by atoms with Crippen molar-refractivity contribution < 1.29 is 4.74 Å². The lowest BCUT2D eigenvalue weighted by Gasteiger charge is -2.40. The van der Waals surface area contributed by atoms with Gasteiger partial charge in [0.25, 0.3) is 5.56 Å². The molecule has 1 saturated heterocycles. The Morgan fingerprint density at radius 1 is 1.08 bits per heavy atom. The zero-order valence-electron chi connectivity index (χ0n) is 22.2. The predicted octanol–water partition coefficient (Wildman–Crippen LogP) is 3.89. The Morgan fingerprint density at radius 2 is 1.84 bits per heavy atom. The van der Waals surface area contributed by atoms with E-state index in [4.69, 9.17) is 4.74 Å². The lowest BCUT2D eigenvalue weighted by atomic mass is 9.98. The zero-order valence-corrected chi connectivity index (χ0v) is 22.2. The summed E-state index contributed by atoms with van der Waals surface area (Å²) in [6.07, 6.45) is 0.854. The molecule has 0 radical (unpaired) electrons. The molecule has 9 heteroatoms. The van der Waals surface area contributed by atoms with Gasteiger partial charge in [-0.3, -0.25) is 9.69 Å². The number of hydrogen-bond donors (Lipinski definition) is 1. The van der Waals surface area contributed by atoms with E-state index in [1.54, 1.807) is 7.11 Å². The van der Waals surface area contributed by atoms with Gasteiger partial charge in [-0.1, -0.05) is 30.7 Å². The largest absolute Gasteiger partial charge is 0.495 e. The third-order valence-corrected chi connectivity index (χ3v) is 7.61. The van der Waals surface area contributed by atoms with Crippen LogP contribution in [0.25, 0.3) is 10.9 Å². The molecule has 1 aliphatic rings. The minimum absolute atomic E-state index is 0.114. The summed E-state index contributed by atoms with van der Waals surface area (Å²) < 4.78 is 7.50. The number of methoxy groups -OCH3 is 1. The fourth-order valence-electron chi connectivity index (χ4n) is 5.10. The highest BCUT2D eigenvalue weighted by molar-refractivity contribution is 5.79. The van der Waals surface area contributed by atoms with Gasteiger partial charge >= 0.3 is 0 Å². The topological polar surface area (TPSA) is 92.2 Å². The molecular weight excluding hydrogens is 466 g/mol. The van der Waals surface area contributed by atoms with Gasteiger partial charge in [0.15, 0.2) is 5.82 Å². The van der Waals surface area contributed by atoms with Crippen LogP contribution in [0, 0.1) is 6.92 Å². The summed E-state index contributed by atoms with van der Waals surface area (Å²) in [5.74, 6) is 1.55. The molecule has 194 valence electrons. The molecule has 1 aliphatic heterocycles. The van der Waals surface area contributed by atoms with Gasteiger partial charge in [-0.2, -0.15) is 0 Å². The van der Waals surface area contributed by atoms with Gasteiger partial charge in [-0.15, -0.1) is 5.10 Å². The van der Waals surface area contributed by atoms with Gasteiger partial charge in [-0.05, 0) is 73.3 Å². The van der Waals surface area contributed by atoms with Crippen LogP contribution in [-0.2, 0) is 5.54 Å². The molecule has 0 spiro atoms. The Morgan fingerprint density at radius 3 is 2.57 bits per heavy atom. The van der Waals surface area contributed by atoms with Crippen LogP contribution in [0.2, 0.25) is 0 Å². The number of rotatable bonds is 7. The van der Waals surface area contributed by atoms with Crippen molar-refractivity contribution in [1.29, 1.82) is 0 Å². The first-order chi connectivity index (χ1) is 17.8. The number of hydrogen-bond acceptors (Lipinski definition) is 7. The second kappa shape index (κ2) is 9.97. The van der Waals surface area contributed by atoms with Crippen molar-refractivity contribution in [1.82, 2.24) is 30.1 Å². The summed E-state index contributed by atoms with van der Waals surface area (Å²) in [5, 5.41) is 13.9. The molecule has 37 heavy (non-hydrogen) atoms. The van der Waals surface area contributed by atoms with Gasteiger partial charge in [0.1, 0.15) is 11.8 Å². The van der Waals surface area contributed by atoms with Crippen molar-refractivity contribution in [2.75, 3.05) is 38.2 Å². The fourth-order valence-corrected chi connectivity index (χ4v) is 5.10. The summed E-state index contributed by atoms with van der Waals surface area (Å²) in [6.45, 7) is 11.5. The number of H-pyrrole nitrogens is 1. The van der Waals surface area contributed by atoms with Crippen molar-refractivity contribution in [3.63, 3.8) is 0 Å². The number of tetrazole rings is 1. The third kappa shape index (κ3) is 4.71. The van der Waals surface area contributed by atoms with Crippen LogP contribution in [0.1, 0.15) is 50.2 Å². The Balaban J connectivity index is 1.57. The predicted molar refractivity (Wildman–Crippen MR) is 145 cm³/mol. The van der Waals surface area contributed by atoms with E-state index in [2.05, 4.69) is 70.1 Å². The molecule has 1 unspecified atom stereocenters. The molecule has 0 amide bonds. The smallest absolute Gasteiger partial charge is 0.253 e. The number of aromatic amines is 1. The quantitative estimate of drug-likeness (QED) is 0.411. The van der Waals surface area contributed by atoms with Crippen molar-refractivity contribution in [3.8, 4) is 5.75 Å². The van der Waals surface area contributed by atoms with Crippen molar-refractivity contribution in [2.24, 2.45) is 0 Å². The zero-order chi connectivity index (χ0) is 26.2. The SMILES string of the molecule is CCC(C)(C)n1nnnc1C(c1cc2cc(C)ccc2[nH]c1=O)N1CCN(c2ccccc2OC)CC1. The van der Waals surface area contributed by atoms with E-state index in [0.717, 1.165) is 60.5 Å². The van der Waals surface area contributed by atoms with Crippen molar-refractivity contribution in [2.45, 2.75) is 45.7 Å². The van der Waals surface area contributed by atoms with E-state index in [9.17, 15) is 4.79 Å². The molecule has 0 saturated carbocycles. The maximum absolute atomic E-state index is 13.5. The van der Waals surface area contributed by atoms with Gasteiger partial charge in [0.05, 0.1) is 18.3 Å². The number of ether oxygens (including phenoxy) is 1. The highest BCUT2D eigenvalue weighted by Crippen LogP contribution is 2.33. The molecule has 9 nitrogen and oxygen atoms in total. The number of nitrogens with one attached hydrogen (secondary N) is 1. The van der Waals surface area contributed by atoms with Crippen LogP contribution >= 0.6 is 0 Å². The standard InChI is InChI=1S/C28H35N7O2/c1-6-28(3,4)35-26(30-31-32-35)25(21-18-20-17-19(2)11-12-22(20)29-27(21)36)34-15-13-33(14-16-34)23-9-7-8-10-24(23)37-5/h7-12,17-18,25H,6,13-16H2,1-5H3,(H,29,36). The van der Waals surface area contributed by atoms with Gasteiger partial charge in [0, 0.05) is 37.3 Å². The van der Waals surface area contributed by atoms with Crippen LogP contribution < -0.4 is 15.2 Å². The average Bonchev–Trinajstić information content (AvgIpc) is 3.40. The minimum Gasteiger partial charge on any atom is -0.495 e. The van der Waals surface area contributed by atoms with Crippen LogP contribution in [0.15, 0.2) is 53.3 Å². The number of fused-ring (bicyclic) bond motifs is 1. The normalized spacial score (nSPS) is 15.8. The summed E-state index contributed by atoms with van der Waals surface area (Å²) in [4.78, 5) is 21.3. The number of aromatic nitrogens is 5. The van der Waals surface area contributed by atoms with E-state index in [1.165, 1.54) is 0 Å². The van der Waals surface area contributed by atoms with Gasteiger partial charge in [-0.25, -0.2) is 4.68 Å². The maximum atomic E-state index is 13.5. The minimum atomic E-state index is -0.380. The summed E-state index contributed by atoms with van der Waals surface area (Å²) in [7, 11) is 1.70. The highest BCUT2D eigenvalue weighted by atomic mass is 16.5. The lowest BCUT2D eigenvalue weighted by molar-refractivity contribution is 0.186. The first-order valence-corrected chi connectivity index (χ1v) is 12.9. The van der Waals surface area contributed by atoms with E-state index in [-0.39, 0.29) is 17.1 Å². The third-order valence-electron chi connectivity index (χ3n) is 7.61. The summed E-state index contributed by atoms with van der Waals surface area (Å²) in [5.41, 5.74) is 3.30. The number of benzene rings is 2. The van der Waals surface area contributed by atoms with Crippen molar-refractivity contribution >= 4 is 16.6 Å². The lowest BCUT2D eigenvalue weighted by Crippen LogP contribution is -2.49. The number of anilines is 1. The van der Waals surface area contributed by atoms with Crippen LogP contribution in [0.5, 0.6) is 5.75 Å². The fraction of sp³-hybridized carbons (Fsp3) is 0.429. The van der Waals surface area contributed by atoms with Crippen molar-refractivity contribution in [3.05, 3.63) is 75.8 Å². The molecule has 0 bridgehead atoms. The van der Waals surface area contributed by atoms with E-state index in [1.807, 2.05) is 41.1 Å². The molecule has 5 rings (SSSR count). The first kappa shape index (κ1) is 25.0. The highest BCUT2D eigenvalue weighted by Gasteiger charge is 2.36. The number of pyridine rings is 1. The summed E-state index contributed by atoms with van der Waals surface area (Å²) in [6, 6.07) is 15.8. The molecule has 0 aliphatic carbocycles. The van der Waals surface area contributed by atoms with Crippen LogP contribution in [0.3, 0.4) is 0 Å². The average molecular weight is 502 g/mol. The van der Waals surface area contributed by atoms with Crippen LogP contribution in [-0.4, -0.2) is 63.4 Å². The van der Waals surface area contributed by atoms with E-state index < -0.39 is 0 Å². The van der Waals surface area contributed by atoms with E-state index >= 15 is 0 Å². The van der Waals surface area contributed by atoms with E-state index in [0.29, 0.717) is 11.4 Å². The monoisotopic (exact) mass is 501 g/mol. The van der Waals surface area contributed by atoms with Gasteiger partial charge in [0.2, 0.25) is 0 Å². The Labute approximate surface area is 217 Å². The second-order valence-electron chi connectivity index (χ2n) is 10.4. The van der Waals surface area contributed by atoms with Crippen LogP contribution in [0.4, 0.5) is 5.69 Å². The van der Waals surface area contributed by atoms with Gasteiger partial charge < -0.3 is 14.6 Å². The molecule has 1 N–H and O–H groups in total.